The fourth-order valence-corrected chi connectivity index (χ4v) is 1.56. The summed E-state index contributed by atoms with van der Waals surface area (Å²) >= 11 is 0. The molecule has 1 aromatic rings. The molecule has 0 aliphatic carbocycles. The quantitative estimate of drug-likeness (QED) is 0.832. The molecule has 0 aliphatic rings. The third-order valence-electron chi connectivity index (χ3n) is 2.57. The number of carbonyl (C=O) groups excluding carboxylic acids is 1. The molecule has 0 aromatic heterocycles. The first-order chi connectivity index (χ1) is 8.47. The third-order valence-corrected chi connectivity index (χ3v) is 2.57. The normalized spacial score (nSPS) is 12.0. The maximum absolute atomic E-state index is 12.0. The van der Waals surface area contributed by atoms with E-state index in [0.29, 0.717) is 11.3 Å². The van der Waals surface area contributed by atoms with E-state index < -0.39 is 17.9 Å². The SMILES string of the molecule is COc1ccccc1C(=O)NC(C(=O)O)C(C)C. The molecule has 0 saturated carbocycles. The first kappa shape index (κ1) is 14.0. The van der Waals surface area contributed by atoms with E-state index in [2.05, 4.69) is 5.32 Å². The molecule has 98 valence electrons. The lowest BCUT2D eigenvalue weighted by molar-refractivity contribution is -0.140. The number of rotatable bonds is 5. The summed E-state index contributed by atoms with van der Waals surface area (Å²) < 4.78 is 5.06. The summed E-state index contributed by atoms with van der Waals surface area (Å²) in [5.41, 5.74) is 0.326. The smallest absolute Gasteiger partial charge is 0.326 e. The second-order valence-electron chi connectivity index (χ2n) is 4.23. The average molecular weight is 251 g/mol. The lowest BCUT2D eigenvalue weighted by Gasteiger charge is -2.18. The second-order valence-corrected chi connectivity index (χ2v) is 4.23. The third kappa shape index (κ3) is 3.23. The molecular weight excluding hydrogens is 234 g/mol. The van der Waals surface area contributed by atoms with E-state index in [-0.39, 0.29) is 5.92 Å². The maximum Gasteiger partial charge on any atom is 0.326 e. The number of hydrogen-bond donors (Lipinski definition) is 2. The van der Waals surface area contributed by atoms with Crippen molar-refractivity contribution in [3.05, 3.63) is 29.8 Å². The van der Waals surface area contributed by atoms with Crippen LogP contribution in [0, 0.1) is 5.92 Å². The highest BCUT2D eigenvalue weighted by molar-refractivity contribution is 5.98. The molecule has 1 aromatic carbocycles. The Morgan fingerprint density at radius 3 is 2.39 bits per heavy atom. The zero-order valence-corrected chi connectivity index (χ0v) is 10.6. The van der Waals surface area contributed by atoms with Crippen LogP contribution in [0.2, 0.25) is 0 Å². The summed E-state index contributed by atoms with van der Waals surface area (Å²) in [5.74, 6) is -1.27. The van der Waals surface area contributed by atoms with E-state index in [4.69, 9.17) is 9.84 Å². The van der Waals surface area contributed by atoms with Crippen molar-refractivity contribution < 1.29 is 19.4 Å². The summed E-state index contributed by atoms with van der Waals surface area (Å²) in [5, 5.41) is 11.5. The fourth-order valence-electron chi connectivity index (χ4n) is 1.56. The monoisotopic (exact) mass is 251 g/mol. The van der Waals surface area contributed by atoms with Crippen molar-refractivity contribution in [1.29, 1.82) is 0 Å². The predicted molar refractivity (Wildman–Crippen MR) is 66.7 cm³/mol. The van der Waals surface area contributed by atoms with Gasteiger partial charge in [-0.15, -0.1) is 0 Å². The number of hydrogen-bond acceptors (Lipinski definition) is 3. The Morgan fingerprint density at radius 1 is 1.28 bits per heavy atom. The van der Waals surface area contributed by atoms with Gasteiger partial charge in [0, 0.05) is 0 Å². The van der Waals surface area contributed by atoms with Crippen LogP contribution >= 0.6 is 0 Å². The van der Waals surface area contributed by atoms with E-state index in [1.807, 2.05) is 0 Å². The molecule has 1 atom stereocenters. The number of ether oxygens (including phenoxy) is 1. The number of carbonyl (C=O) groups is 2. The van der Waals surface area contributed by atoms with Crippen molar-refractivity contribution in [3.8, 4) is 5.75 Å². The molecule has 1 amide bonds. The number of carboxylic acid groups (broad SMARTS) is 1. The molecular formula is C13H17NO4. The van der Waals surface area contributed by atoms with Crippen molar-refractivity contribution in [3.63, 3.8) is 0 Å². The van der Waals surface area contributed by atoms with E-state index in [0.717, 1.165) is 0 Å². The van der Waals surface area contributed by atoms with Crippen molar-refractivity contribution >= 4 is 11.9 Å². The fraction of sp³-hybridized carbons (Fsp3) is 0.385. The van der Waals surface area contributed by atoms with Gasteiger partial charge >= 0.3 is 5.97 Å². The van der Waals surface area contributed by atoms with Crippen LogP contribution in [0.15, 0.2) is 24.3 Å². The van der Waals surface area contributed by atoms with Gasteiger partial charge in [-0.05, 0) is 18.1 Å². The van der Waals surface area contributed by atoms with Gasteiger partial charge in [-0.2, -0.15) is 0 Å². The molecule has 0 saturated heterocycles. The summed E-state index contributed by atoms with van der Waals surface area (Å²) in [6, 6.07) is 5.77. The molecule has 1 unspecified atom stereocenters. The van der Waals surface area contributed by atoms with Gasteiger partial charge in [0.1, 0.15) is 11.8 Å². The van der Waals surface area contributed by atoms with E-state index in [1.165, 1.54) is 7.11 Å². The van der Waals surface area contributed by atoms with Gasteiger partial charge in [0.2, 0.25) is 0 Å². The highest BCUT2D eigenvalue weighted by Crippen LogP contribution is 2.17. The molecule has 0 radical (unpaired) electrons. The Hall–Kier alpha value is -2.04. The Labute approximate surface area is 106 Å². The Bertz CT molecular complexity index is 442. The summed E-state index contributed by atoms with van der Waals surface area (Å²) in [4.78, 5) is 23.0. The molecule has 5 nitrogen and oxygen atoms in total. The minimum absolute atomic E-state index is 0.193. The van der Waals surface area contributed by atoms with Crippen molar-refractivity contribution in [2.45, 2.75) is 19.9 Å². The molecule has 1 rings (SSSR count). The average Bonchev–Trinajstić information content (AvgIpc) is 2.34. The van der Waals surface area contributed by atoms with Gasteiger partial charge in [-0.25, -0.2) is 4.79 Å². The van der Waals surface area contributed by atoms with E-state index in [9.17, 15) is 9.59 Å². The van der Waals surface area contributed by atoms with Gasteiger partial charge < -0.3 is 15.2 Å². The standard InChI is InChI=1S/C13H17NO4/c1-8(2)11(13(16)17)14-12(15)9-6-4-5-7-10(9)18-3/h4-8,11H,1-3H3,(H,14,15)(H,16,17). The Balaban J connectivity index is 2.90. The molecule has 0 bridgehead atoms. The largest absolute Gasteiger partial charge is 0.496 e. The summed E-state index contributed by atoms with van der Waals surface area (Å²) in [6.45, 7) is 3.47. The van der Waals surface area contributed by atoms with Crippen molar-refractivity contribution in [1.82, 2.24) is 5.32 Å². The van der Waals surface area contributed by atoms with Crippen LogP contribution in [0.5, 0.6) is 5.75 Å². The lowest BCUT2D eigenvalue weighted by Crippen LogP contribution is -2.44. The number of aliphatic carboxylic acids is 1. The van der Waals surface area contributed by atoms with Crippen molar-refractivity contribution in [2.75, 3.05) is 7.11 Å². The van der Waals surface area contributed by atoms with Crippen LogP contribution < -0.4 is 10.1 Å². The number of para-hydroxylation sites is 1. The number of methoxy groups -OCH3 is 1. The number of amides is 1. The van der Waals surface area contributed by atoms with Crippen LogP contribution in [0.3, 0.4) is 0 Å². The Morgan fingerprint density at radius 2 is 1.89 bits per heavy atom. The minimum Gasteiger partial charge on any atom is -0.496 e. The lowest BCUT2D eigenvalue weighted by atomic mass is 10.0. The highest BCUT2D eigenvalue weighted by Gasteiger charge is 2.24. The van der Waals surface area contributed by atoms with Crippen LogP contribution in [0.25, 0.3) is 0 Å². The van der Waals surface area contributed by atoms with Crippen molar-refractivity contribution in [2.24, 2.45) is 5.92 Å². The summed E-state index contributed by atoms with van der Waals surface area (Å²) in [7, 11) is 1.46. The van der Waals surface area contributed by atoms with Gasteiger partial charge in [0.25, 0.3) is 5.91 Å². The predicted octanol–water partition coefficient (Wildman–Crippen LogP) is 1.53. The number of benzene rings is 1. The first-order valence-corrected chi connectivity index (χ1v) is 5.64. The molecule has 2 N–H and O–H groups in total. The Kier molecular flexibility index (Phi) is 4.71. The molecule has 0 aliphatic heterocycles. The molecule has 5 heteroatoms. The molecule has 0 fully saturated rings. The second kappa shape index (κ2) is 6.05. The maximum atomic E-state index is 12.0. The highest BCUT2D eigenvalue weighted by atomic mass is 16.5. The van der Waals surface area contributed by atoms with Gasteiger partial charge in [-0.1, -0.05) is 26.0 Å². The van der Waals surface area contributed by atoms with E-state index >= 15 is 0 Å². The van der Waals surface area contributed by atoms with Gasteiger partial charge in [-0.3, -0.25) is 4.79 Å². The van der Waals surface area contributed by atoms with Crippen LogP contribution in [0.4, 0.5) is 0 Å². The number of carboxylic acids is 1. The van der Waals surface area contributed by atoms with Crippen LogP contribution in [0.1, 0.15) is 24.2 Å². The topological polar surface area (TPSA) is 75.6 Å². The zero-order chi connectivity index (χ0) is 13.7. The zero-order valence-electron chi connectivity index (χ0n) is 10.6. The van der Waals surface area contributed by atoms with Gasteiger partial charge in [0.15, 0.2) is 0 Å². The minimum atomic E-state index is -1.05. The number of nitrogens with one attached hydrogen (secondary N) is 1. The van der Waals surface area contributed by atoms with Gasteiger partial charge in [0.05, 0.1) is 12.7 Å². The van der Waals surface area contributed by atoms with E-state index in [1.54, 1.807) is 38.1 Å². The first-order valence-electron chi connectivity index (χ1n) is 5.64. The molecule has 0 heterocycles. The molecule has 0 spiro atoms. The molecule has 18 heavy (non-hydrogen) atoms. The summed E-state index contributed by atoms with van der Waals surface area (Å²) in [6.07, 6.45) is 0. The van der Waals surface area contributed by atoms with Crippen LogP contribution in [-0.2, 0) is 4.79 Å². The van der Waals surface area contributed by atoms with Crippen LogP contribution in [-0.4, -0.2) is 30.1 Å².